The van der Waals surface area contributed by atoms with Crippen molar-refractivity contribution in [2.24, 2.45) is 0 Å². The fourth-order valence-electron chi connectivity index (χ4n) is 3.20. The van der Waals surface area contributed by atoms with E-state index in [0.717, 1.165) is 0 Å². The number of rotatable bonds is 9. The molecule has 2 heterocycles. The van der Waals surface area contributed by atoms with Crippen molar-refractivity contribution >= 4 is 19.7 Å². The Labute approximate surface area is 189 Å². The van der Waals surface area contributed by atoms with Crippen LogP contribution in [-0.4, -0.2) is 38.4 Å². The number of aromatic hydroxyl groups is 1. The molecule has 0 spiro atoms. The summed E-state index contributed by atoms with van der Waals surface area (Å²) in [6.07, 6.45) is 4.82. The summed E-state index contributed by atoms with van der Waals surface area (Å²) in [5, 5.41) is 17.9. The number of ether oxygens (including phenoxy) is 1. The minimum atomic E-state index is -2.93. The zero-order valence-electron chi connectivity index (χ0n) is 17.4. The Hall–Kier alpha value is -4.01. The summed E-state index contributed by atoms with van der Waals surface area (Å²) in [6, 6.07) is 17.4. The van der Waals surface area contributed by atoms with E-state index in [4.69, 9.17) is 9.26 Å². The molecule has 167 valence electrons. The van der Waals surface area contributed by atoms with E-state index < -0.39 is 19.6 Å². The molecule has 0 saturated carbocycles. The van der Waals surface area contributed by atoms with E-state index in [1.54, 1.807) is 60.8 Å². The van der Waals surface area contributed by atoms with Crippen LogP contribution in [0.25, 0.3) is 5.95 Å². The molecule has 1 amide bonds. The van der Waals surface area contributed by atoms with Gasteiger partial charge in [0.25, 0.3) is 5.95 Å². The summed E-state index contributed by atoms with van der Waals surface area (Å²) in [5.41, 5.74) is -1.52. The van der Waals surface area contributed by atoms with E-state index >= 15 is 0 Å². The third-order valence-corrected chi connectivity index (χ3v) is 6.10. The Morgan fingerprint density at radius 3 is 2.58 bits per heavy atom. The summed E-state index contributed by atoms with van der Waals surface area (Å²) in [5.74, 6) is 0.165. The average molecular weight is 464 g/mol. The van der Waals surface area contributed by atoms with Crippen molar-refractivity contribution in [3.63, 3.8) is 0 Å². The minimum absolute atomic E-state index is 0.0171. The van der Waals surface area contributed by atoms with Gasteiger partial charge in [0.1, 0.15) is 5.75 Å². The van der Waals surface area contributed by atoms with Gasteiger partial charge in [-0.15, -0.1) is 0 Å². The quantitative estimate of drug-likeness (QED) is 0.219. The molecule has 0 bridgehead atoms. The van der Waals surface area contributed by atoms with Crippen LogP contribution in [0, 0.1) is 6.07 Å². The first-order valence-electron chi connectivity index (χ1n) is 9.69. The van der Waals surface area contributed by atoms with E-state index in [2.05, 4.69) is 26.4 Å². The smallest absolute Gasteiger partial charge is 0.253 e. The van der Waals surface area contributed by atoms with Crippen LogP contribution in [0.1, 0.15) is 11.1 Å². The summed E-state index contributed by atoms with van der Waals surface area (Å²) < 4.78 is 25.8. The first-order chi connectivity index (χ1) is 16.1. The highest BCUT2D eigenvalue weighted by Crippen LogP contribution is 2.42. The molecule has 4 aromatic rings. The van der Waals surface area contributed by atoms with Gasteiger partial charge in [-0.05, 0) is 36.4 Å². The maximum absolute atomic E-state index is 13.2. The number of benzene rings is 2. The molecule has 33 heavy (non-hydrogen) atoms. The summed E-state index contributed by atoms with van der Waals surface area (Å²) in [6.45, 7) is 0. The van der Waals surface area contributed by atoms with E-state index in [0.29, 0.717) is 23.0 Å². The predicted octanol–water partition coefficient (Wildman–Crippen LogP) is 1.94. The van der Waals surface area contributed by atoms with Gasteiger partial charge in [-0.3, -0.25) is 13.9 Å². The number of carbonyl (C=O) groups is 1. The van der Waals surface area contributed by atoms with Gasteiger partial charge in [0.05, 0.1) is 12.7 Å². The van der Waals surface area contributed by atoms with Gasteiger partial charge >= 0.3 is 0 Å². The van der Waals surface area contributed by atoms with Gasteiger partial charge in [-0.1, -0.05) is 24.3 Å². The summed E-state index contributed by atoms with van der Waals surface area (Å²) in [7, 11) is -1.42. The SMILES string of the molecule is COc1ccc(C(NC=O)(O[PH](=O)c2cc[c]cc2)c2cnc(-n3cccn3)nc2O)cc1. The molecule has 0 aliphatic carbocycles. The number of methoxy groups -OCH3 is 1. The lowest BCUT2D eigenvalue weighted by molar-refractivity contribution is -0.113. The predicted molar refractivity (Wildman–Crippen MR) is 119 cm³/mol. The Morgan fingerprint density at radius 2 is 1.97 bits per heavy atom. The third kappa shape index (κ3) is 4.48. The Bertz CT molecular complexity index is 1250. The Morgan fingerprint density at radius 1 is 1.21 bits per heavy atom. The Kier molecular flexibility index (Phi) is 6.48. The number of hydrogen-bond acceptors (Lipinski definition) is 8. The molecule has 0 saturated heterocycles. The molecule has 0 aliphatic rings. The first-order valence-corrected chi connectivity index (χ1v) is 11.0. The van der Waals surface area contributed by atoms with Gasteiger partial charge in [0.2, 0.25) is 26.0 Å². The van der Waals surface area contributed by atoms with E-state index in [1.807, 2.05) is 0 Å². The largest absolute Gasteiger partial charge is 0.497 e. The monoisotopic (exact) mass is 464 g/mol. The van der Waals surface area contributed by atoms with Crippen molar-refractivity contribution in [1.29, 1.82) is 0 Å². The van der Waals surface area contributed by atoms with Crippen LogP contribution < -0.4 is 15.4 Å². The standard InChI is InChI=1S/C22H19N5O5P/c1-31-17-10-8-16(9-11-17)22(24-15-28,32-33(30)18-6-3-2-4-7-18)19-14-23-21(26-20(19)29)27-13-5-12-25-27/h3-15,33H,1H3,(H,24,28)(H,23,26,29). The van der Waals surface area contributed by atoms with Gasteiger partial charge in [-0.2, -0.15) is 10.1 Å². The second kappa shape index (κ2) is 9.64. The first kappa shape index (κ1) is 22.2. The van der Waals surface area contributed by atoms with E-state index in [-0.39, 0.29) is 11.5 Å². The van der Waals surface area contributed by atoms with Crippen LogP contribution >= 0.6 is 8.03 Å². The molecule has 2 N–H and O–H groups in total. The normalized spacial score (nSPS) is 13.6. The number of aromatic nitrogens is 4. The number of nitrogens with zero attached hydrogens (tertiary/aromatic N) is 4. The molecular weight excluding hydrogens is 445 g/mol. The number of carbonyl (C=O) groups excluding carboxylic acids is 1. The molecule has 0 aliphatic heterocycles. The lowest BCUT2D eigenvalue weighted by Gasteiger charge is -2.33. The van der Waals surface area contributed by atoms with Gasteiger partial charge < -0.3 is 15.2 Å². The van der Waals surface area contributed by atoms with Crippen molar-refractivity contribution < 1.29 is 23.7 Å². The molecule has 1 radical (unpaired) electrons. The van der Waals surface area contributed by atoms with E-state index in [9.17, 15) is 14.5 Å². The van der Waals surface area contributed by atoms with Crippen LogP contribution in [0.2, 0.25) is 0 Å². The highest BCUT2D eigenvalue weighted by Gasteiger charge is 2.41. The molecule has 2 aromatic heterocycles. The maximum Gasteiger partial charge on any atom is 0.253 e. The van der Waals surface area contributed by atoms with Gasteiger partial charge in [0.15, 0.2) is 0 Å². The van der Waals surface area contributed by atoms with E-state index in [1.165, 1.54) is 24.2 Å². The molecule has 2 unspecified atom stereocenters. The highest BCUT2D eigenvalue weighted by molar-refractivity contribution is 7.48. The Balaban J connectivity index is 1.86. The van der Waals surface area contributed by atoms with Crippen LogP contribution in [0.15, 0.2) is 73.2 Å². The van der Waals surface area contributed by atoms with Crippen molar-refractivity contribution in [2.45, 2.75) is 5.72 Å². The van der Waals surface area contributed by atoms with Gasteiger partial charge in [-0.25, -0.2) is 9.67 Å². The zero-order valence-corrected chi connectivity index (χ0v) is 18.4. The molecular formula is C22H19N5O5P. The van der Waals surface area contributed by atoms with Crippen LogP contribution in [0.3, 0.4) is 0 Å². The molecule has 11 heteroatoms. The van der Waals surface area contributed by atoms with Crippen LogP contribution in [0.4, 0.5) is 0 Å². The average Bonchev–Trinajstić information content (AvgIpc) is 3.39. The van der Waals surface area contributed by atoms with Gasteiger partial charge in [0, 0.05) is 29.5 Å². The summed E-state index contributed by atoms with van der Waals surface area (Å²) >= 11 is 0. The molecule has 10 nitrogen and oxygen atoms in total. The fourth-order valence-corrected chi connectivity index (χ4v) is 4.32. The molecule has 2 aromatic carbocycles. The van der Waals surface area contributed by atoms with Crippen molar-refractivity contribution in [2.75, 3.05) is 7.11 Å². The topological polar surface area (TPSA) is 128 Å². The van der Waals surface area contributed by atoms with Crippen molar-refractivity contribution in [3.05, 3.63) is 90.4 Å². The molecule has 4 rings (SSSR count). The van der Waals surface area contributed by atoms with Crippen LogP contribution in [-0.2, 0) is 19.6 Å². The van der Waals surface area contributed by atoms with Crippen LogP contribution in [0.5, 0.6) is 11.6 Å². The molecule has 2 atom stereocenters. The summed E-state index contributed by atoms with van der Waals surface area (Å²) in [4.78, 5) is 20.1. The minimum Gasteiger partial charge on any atom is -0.497 e. The second-order valence-corrected chi connectivity index (χ2v) is 8.06. The number of nitrogens with one attached hydrogen (secondary N) is 1. The number of amides is 1. The second-order valence-electron chi connectivity index (χ2n) is 6.71. The maximum atomic E-state index is 13.2. The third-order valence-electron chi connectivity index (χ3n) is 4.80. The highest BCUT2D eigenvalue weighted by atomic mass is 31.1. The molecule has 0 fully saturated rings. The fraction of sp³-hybridized carbons (Fsp3) is 0.0909. The zero-order chi connectivity index (χ0) is 23.3. The number of hydrogen-bond donors (Lipinski definition) is 2. The van der Waals surface area contributed by atoms with Crippen molar-refractivity contribution in [3.8, 4) is 17.6 Å². The lowest BCUT2D eigenvalue weighted by Crippen LogP contribution is -2.44. The lowest BCUT2D eigenvalue weighted by atomic mass is 9.96. The van der Waals surface area contributed by atoms with Crippen molar-refractivity contribution in [1.82, 2.24) is 25.1 Å².